The summed E-state index contributed by atoms with van der Waals surface area (Å²) in [6, 6.07) is 30.5. The molecule has 34 heavy (non-hydrogen) atoms. The fourth-order valence-electron chi connectivity index (χ4n) is 3.78. The largest absolute Gasteiger partial charge is 0.455 e. The molecule has 0 fully saturated rings. The van der Waals surface area contributed by atoms with Crippen molar-refractivity contribution in [1.82, 2.24) is 0 Å². The molecule has 0 N–H and O–H groups in total. The highest BCUT2D eigenvalue weighted by atomic mass is 19.1. The van der Waals surface area contributed by atoms with Gasteiger partial charge in [-0.1, -0.05) is 78.9 Å². The Kier molecular flexibility index (Phi) is 5.67. The van der Waals surface area contributed by atoms with Crippen LogP contribution >= 0.6 is 0 Å². The second kappa shape index (κ2) is 9.08. The highest BCUT2D eigenvalue weighted by molar-refractivity contribution is 6.21. The summed E-state index contributed by atoms with van der Waals surface area (Å²) < 4.78 is 20.2. The highest BCUT2D eigenvalue weighted by Crippen LogP contribution is 2.28. The van der Waals surface area contributed by atoms with Gasteiger partial charge in [0.05, 0.1) is 16.7 Å². The van der Waals surface area contributed by atoms with Crippen LogP contribution in [0.4, 0.5) is 4.39 Å². The van der Waals surface area contributed by atoms with Crippen molar-refractivity contribution in [2.45, 2.75) is 0 Å². The third-order valence-corrected chi connectivity index (χ3v) is 5.41. The molecule has 0 radical (unpaired) electrons. The van der Waals surface area contributed by atoms with Crippen molar-refractivity contribution in [3.8, 4) is 11.3 Å². The van der Waals surface area contributed by atoms with Gasteiger partial charge in [-0.3, -0.25) is 9.59 Å². The number of hydrogen-bond acceptors (Lipinski definition) is 3. The zero-order valence-electron chi connectivity index (χ0n) is 17.9. The Balaban J connectivity index is 1.86. The molecule has 0 aliphatic carbocycles. The summed E-state index contributed by atoms with van der Waals surface area (Å²) >= 11 is 0. The lowest BCUT2D eigenvalue weighted by Crippen LogP contribution is -2.20. The SMILES string of the molecule is O=C(N=C(c1ccccc1)c1c(-c2ccccc2)oc2ccc(F)cc2c1=O)c1ccccc1. The van der Waals surface area contributed by atoms with Gasteiger partial charge in [-0.05, 0) is 30.3 Å². The maximum atomic E-state index is 14.1. The van der Waals surface area contributed by atoms with E-state index in [0.29, 0.717) is 16.7 Å². The van der Waals surface area contributed by atoms with Gasteiger partial charge in [0.1, 0.15) is 17.2 Å². The summed E-state index contributed by atoms with van der Waals surface area (Å²) in [5, 5.41) is 0.0745. The quantitative estimate of drug-likeness (QED) is 0.305. The van der Waals surface area contributed by atoms with Crippen molar-refractivity contribution < 1.29 is 13.6 Å². The van der Waals surface area contributed by atoms with Gasteiger partial charge in [0.2, 0.25) is 5.43 Å². The molecule has 4 nitrogen and oxygen atoms in total. The van der Waals surface area contributed by atoms with Crippen LogP contribution in [0.3, 0.4) is 0 Å². The third-order valence-electron chi connectivity index (χ3n) is 5.41. The van der Waals surface area contributed by atoms with Crippen LogP contribution in [0, 0.1) is 5.82 Å². The van der Waals surface area contributed by atoms with E-state index < -0.39 is 17.2 Å². The molecule has 0 aliphatic heterocycles. The number of fused-ring (bicyclic) bond motifs is 1. The van der Waals surface area contributed by atoms with Crippen molar-refractivity contribution >= 4 is 22.6 Å². The third kappa shape index (κ3) is 4.07. The van der Waals surface area contributed by atoms with E-state index in [1.54, 1.807) is 66.7 Å². The lowest BCUT2D eigenvalue weighted by atomic mass is 9.96. The van der Waals surface area contributed by atoms with Crippen LogP contribution in [0.2, 0.25) is 0 Å². The van der Waals surface area contributed by atoms with Gasteiger partial charge < -0.3 is 4.42 Å². The minimum Gasteiger partial charge on any atom is -0.455 e. The molecule has 4 aromatic carbocycles. The lowest BCUT2D eigenvalue weighted by Gasteiger charge is -2.13. The van der Waals surface area contributed by atoms with Crippen LogP contribution in [0.15, 0.2) is 123 Å². The number of nitrogens with zero attached hydrogens (tertiary/aromatic N) is 1. The second-order valence-corrected chi connectivity index (χ2v) is 7.64. The summed E-state index contributed by atoms with van der Waals surface area (Å²) in [6.45, 7) is 0. The number of rotatable bonds is 4. The number of amides is 1. The van der Waals surface area contributed by atoms with E-state index >= 15 is 0 Å². The van der Waals surface area contributed by atoms with Gasteiger partial charge in [0.25, 0.3) is 5.91 Å². The Bertz CT molecular complexity index is 1570. The average molecular weight is 447 g/mol. The fourth-order valence-corrected chi connectivity index (χ4v) is 3.78. The van der Waals surface area contributed by atoms with Gasteiger partial charge in [-0.2, -0.15) is 0 Å². The number of hydrogen-bond donors (Lipinski definition) is 0. The van der Waals surface area contributed by atoms with E-state index in [1.807, 2.05) is 24.3 Å². The molecule has 0 atom stereocenters. The van der Waals surface area contributed by atoms with Gasteiger partial charge >= 0.3 is 0 Å². The number of halogens is 1. The number of carbonyl (C=O) groups is 1. The normalized spacial score (nSPS) is 11.5. The average Bonchev–Trinajstić information content (AvgIpc) is 2.89. The number of carbonyl (C=O) groups excluding carboxylic acids is 1. The van der Waals surface area contributed by atoms with E-state index in [-0.39, 0.29) is 28.0 Å². The first-order chi connectivity index (χ1) is 16.6. The molecule has 0 bridgehead atoms. The van der Waals surface area contributed by atoms with Gasteiger partial charge in [-0.25, -0.2) is 9.38 Å². The van der Waals surface area contributed by atoms with Gasteiger partial charge in [-0.15, -0.1) is 0 Å². The maximum absolute atomic E-state index is 14.1. The molecule has 5 heteroatoms. The van der Waals surface area contributed by atoms with E-state index in [2.05, 4.69) is 4.99 Å². The molecule has 0 saturated carbocycles. The molecule has 1 amide bonds. The first-order valence-electron chi connectivity index (χ1n) is 10.7. The zero-order chi connectivity index (χ0) is 23.5. The topological polar surface area (TPSA) is 59.6 Å². The van der Waals surface area contributed by atoms with Crippen LogP contribution in [0.1, 0.15) is 21.5 Å². The maximum Gasteiger partial charge on any atom is 0.277 e. The molecule has 5 rings (SSSR count). The Hall–Kier alpha value is -4.64. The molecule has 0 unspecified atom stereocenters. The predicted octanol–water partition coefficient (Wildman–Crippen LogP) is 6.28. The van der Waals surface area contributed by atoms with Crippen molar-refractivity contribution in [2.75, 3.05) is 0 Å². The molecule has 1 aromatic heterocycles. The van der Waals surface area contributed by atoms with Gasteiger partial charge in [0.15, 0.2) is 0 Å². The first-order valence-corrected chi connectivity index (χ1v) is 10.7. The van der Waals surface area contributed by atoms with Crippen molar-refractivity contribution in [3.05, 3.63) is 142 Å². The van der Waals surface area contributed by atoms with Crippen LogP contribution < -0.4 is 5.43 Å². The minimum absolute atomic E-state index is 0.0745. The van der Waals surface area contributed by atoms with E-state index in [4.69, 9.17) is 4.42 Å². The van der Waals surface area contributed by atoms with Crippen LogP contribution in [-0.2, 0) is 0 Å². The number of benzene rings is 4. The first kappa shape index (κ1) is 21.2. The van der Waals surface area contributed by atoms with Crippen molar-refractivity contribution in [2.24, 2.45) is 4.99 Å². The van der Waals surface area contributed by atoms with Crippen LogP contribution in [-0.4, -0.2) is 11.6 Å². The summed E-state index contributed by atoms with van der Waals surface area (Å²) in [5.74, 6) is -0.804. The Morgan fingerprint density at radius 1 is 0.735 bits per heavy atom. The minimum atomic E-state index is -0.559. The summed E-state index contributed by atoms with van der Waals surface area (Å²) in [5.41, 5.74) is 1.61. The predicted molar refractivity (Wildman–Crippen MR) is 131 cm³/mol. The summed E-state index contributed by atoms with van der Waals surface area (Å²) in [4.78, 5) is 31.3. The van der Waals surface area contributed by atoms with Gasteiger partial charge in [0, 0.05) is 16.7 Å². The molecule has 1 heterocycles. The zero-order valence-corrected chi connectivity index (χ0v) is 17.9. The molecule has 0 aliphatic rings. The summed E-state index contributed by atoms with van der Waals surface area (Å²) in [6.07, 6.45) is 0. The van der Waals surface area contributed by atoms with Crippen molar-refractivity contribution in [1.29, 1.82) is 0 Å². The van der Waals surface area contributed by atoms with E-state index in [0.717, 1.165) is 6.07 Å². The van der Waals surface area contributed by atoms with Crippen LogP contribution in [0.5, 0.6) is 0 Å². The Morgan fingerprint density at radius 3 is 1.97 bits per heavy atom. The monoisotopic (exact) mass is 447 g/mol. The van der Waals surface area contributed by atoms with E-state index in [1.165, 1.54) is 12.1 Å². The standard InChI is InChI=1S/C29H18FNO3/c30-22-16-17-24-23(18-22)27(32)25(28(34-24)20-12-6-2-7-13-20)26(19-10-4-1-5-11-19)31-29(33)21-14-8-3-9-15-21/h1-18H. The second-order valence-electron chi connectivity index (χ2n) is 7.64. The molecular formula is C29H18FNO3. The molecular weight excluding hydrogens is 429 g/mol. The molecule has 164 valence electrons. The molecule has 0 spiro atoms. The van der Waals surface area contributed by atoms with Crippen LogP contribution in [0.25, 0.3) is 22.3 Å². The van der Waals surface area contributed by atoms with Crippen molar-refractivity contribution in [3.63, 3.8) is 0 Å². The Morgan fingerprint density at radius 2 is 1.32 bits per heavy atom. The molecule has 0 saturated heterocycles. The fraction of sp³-hybridized carbons (Fsp3) is 0. The van der Waals surface area contributed by atoms with E-state index in [9.17, 15) is 14.0 Å². The lowest BCUT2D eigenvalue weighted by molar-refractivity contribution is 0.100. The number of aliphatic imine (C=N–C) groups is 1. The molecule has 5 aromatic rings. The highest BCUT2D eigenvalue weighted by Gasteiger charge is 2.23. The Labute approximate surface area is 194 Å². The smallest absolute Gasteiger partial charge is 0.277 e. The summed E-state index contributed by atoms with van der Waals surface area (Å²) in [7, 11) is 0.